The highest BCUT2D eigenvalue weighted by atomic mass is 32.1. The zero-order valence-electron chi connectivity index (χ0n) is 9.94. The van der Waals surface area contributed by atoms with Gasteiger partial charge in [0.05, 0.1) is 11.5 Å². The number of thiazole rings is 1. The number of thiophene rings is 1. The molecular formula is C12H13NO2S2. The van der Waals surface area contributed by atoms with E-state index in [4.69, 9.17) is 4.74 Å². The molecule has 0 atom stereocenters. The zero-order chi connectivity index (χ0) is 12.4. The molecule has 0 aliphatic heterocycles. The fourth-order valence-electron chi connectivity index (χ4n) is 1.44. The molecule has 17 heavy (non-hydrogen) atoms. The Morgan fingerprint density at radius 3 is 2.71 bits per heavy atom. The number of hydrogen-bond acceptors (Lipinski definition) is 5. The molecule has 0 N–H and O–H groups in total. The third kappa shape index (κ3) is 2.56. The molecule has 0 aliphatic rings. The van der Waals surface area contributed by atoms with Gasteiger partial charge in [-0.25, -0.2) is 9.78 Å². The van der Waals surface area contributed by atoms with Crippen molar-refractivity contribution in [1.82, 2.24) is 4.98 Å². The Labute approximate surface area is 108 Å². The predicted octanol–water partition coefficient (Wildman–Crippen LogP) is 3.67. The molecule has 0 bridgehead atoms. The van der Waals surface area contributed by atoms with E-state index in [0.29, 0.717) is 12.3 Å². The van der Waals surface area contributed by atoms with Crippen molar-refractivity contribution in [3.8, 4) is 9.88 Å². The van der Waals surface area contributed by atoms with Gasteiger partial charge in [0.25, 0.3) is 0 Å². The summed E-state index contributed by atoms with van der Waals surface area (Å²) in [4.78, 5) is 19.3. The summed E-state index contributed by atoms with van der Waals surface area (Å²) in [6.45, 7) is 6.13. The van der Waals surface area contributed by atoms with Crippen LogP contribution in [0.15, 0.2) is 12.1 Å². The van der Waals surface area contributed by atoms with Crippen molar-refractivity contribution in [3.05, 3.63) is 27.6 Å². The average Bonchev–Trinajstić information content (AvgIpc) is 2.85. The average molecular weight is 267 g/mol. The van der Waals surface area contributed by atoms with Gasteiger partial charge in [-0.05, 0) is 32.9 Å². The second-order valence-corrected chi connectivity index (χ2v) is 6.05. The molecule has 0 saturated carbocycles. The van der Waals surface area contributed by atoms with Crippen LogP contribution in [0.2, 0.25) is 0 Å². The number of aromatic nitrogens is 1. The summed E-state index contributed by atoms with van der Waals surface area (Å²) in [5, 5.41) is 0.892. The van der Waals surface area contributed by atoms with E-state index in [0.717, 1.165) is 14.8 Å². The molecule has 90 valence electrons. The van der Waals surface area contributed by atoms with Crippen molar-refractivity contribution in [2.45, 2.75) is 20.8 Å². The predicted molar refractivity (Wildman–Crippen MR) is 70.9 cm³/mol. The lowest BCUT2D eigenvalue weighted by Crippen LogP contribution is -2.06. The molecular weight excluding hydrogens is 254 g/mol. The number of aryl methyl sites for hydroxylation is 2. The largest absolute Gasteiger partial charge is 0.461 e. The van der Waals surface area contributed by atoms with Gasteiger partial charge in [0.2, 0.25) is 0 Å². The van der Waals surface area contributed by atoms with Gasteiger partial charge in [-0.3, -0.25) is 0 Å². The van der Waals surface area contributed by atoms with Crippen molar-refractivity contribution < 1.29 is 9.53 Å². The van der Waals surface area contributed by atoms with Crippen molar-refractivity contribution in [2.24, 2.45) is 0 Å². The molecule has 0 aromatic carbocycles. The van der Waals surface area contributed by atoms with Crippen molar-refractivity contribution in [2.75, 3.05) is 6.61 Å². The number of hydrogen-bond donors (Lipinski definition) is 0. The fourth-order valence-corrected chi connectivity index (χ4v) is 3.26. The molecule has 2 aromatic heterocycles. The Hall–Kier alpha value is -1.20. The SMILES string of the molecule is CCOC(=O)c1nc(-c2ccc(C)s2)sc1C. The summed E-state index contributed by atoms with van der Waals surface area (Å²) < 4.78 is 4.97. The van der Waals surface area contributed by atoms with Crippen molar-refractivity contribution >= 4 is 28.6 Å². The number of nitrogens with zero attached hydrogens (tertiary/aromatic N) is 1. The number of rotatable bonds is 3. The second kappa shape index (κ2) is 4.98. The lowest BCUT2D eigenvalue weighted by molar-refractivity contribution is 0.0519. The van der Waals surface area contributed by atoms with Crippen molar-refractivity contribution in [1.29, 1.82) is 0 Å². The maximum Gasteiger partial charge on any atom is 0.358 e. The first-order chi connectivity index (χ1) is 8.11. The van der Waals surface area contributed by atoms with E-state index in [1.807, 2.05) is 13.0 Å². The minimum atomic E-state index is -0.333. The highest BCUT2D eigenvalue weighted by Gasteiger charge is 2.17. The van der Waals surface area contributed by atoms with Crippen LogP contribution >= 0.6 is 22.7 Å². The summed E-state index contributed by atoms with van der Waals surface area (Å²) in [7, 11) is 0. The van der Waals surface area contributed by atoms with E-state index in [1.54, 1.807) is 18.3 Å². The highest BCUT2D eigenvalue weighted by molar-refractivity contribution is 7.21. The van der Waals surface area contributed by atoms with Gasteiger partial charge in [-0.15, -0.1) is 22.7 Å². The minimum absolute atomic E-state index is 0.333. The molecule has 0 amide bonds. The van der Waals surface area contributed by atoms with E-state index in [-0.39, 0.29) is 5.97 Å². The van der Waals surface area contributed by atoms with Crippen LogP contribution in [-0.4, -0.2) is 17.6 Å². The smallest absolute Gasteiger partial charge is 0.358 e. The first-order valence-corrected chi connectivity index (χ1v) is 6.96. The summed E-state index contributed by atoms with van der Waals surface area (Å²) in [5.74, 6) is -0.333. The van der Waals surface area contributed by atoms with Crippen LogP contribution in [0.3, 0.4) is 0 Å². The minimum Gasteiger partial charge on any atom is -0.461 e. The number of carbonyl (C=O) groups is 1. The Balaban J connectivity index is 2.33. The van der Waals surface area contributed by atoms with Crippen LogP contribution in [0.1, 0.15) is 27.2 Å². The summed E-state index contributed by atoms with van der Waals surface area (Å²) >= 11 is 3.22. The molecule has 5 heteroatoms. The van der Waals surface area contributed by atoms with Crippen LogP contribution < -0.4 is 0 Å². The fraction of sp³-hybridized carbons (Fsp3) is 0.333. The highest BCUT2D eigenvalue weighted by Crippen LogP contribution is 2.32. The van der Waals surface area contributed by atoms with Crippen molar-refractivity contribution in [3.63, 3.8) is 0 Å². The van der Waals surface area contributed by atoms with Gasteiger partial charge in [0.1, 0.15) is 5.01 Å². The van der Waals surface area contributed by atoms with Crippen LogP contribution in [0, 0.1) is 13.8 Å². The molecule has 0 saturated heterocycles. The molecule has 2 rings (SSSR count). The van der Waals surface area contributed by atoms with E-state index >= 15 is 0 Å². The number of esters is 1. The van der Waals surface area contributed by atoms with Crippen LogP contribution in [0.4, 0.5) is 0 Å². The van der Waals surface area contributed by atoms with Gasteiger partial charge in [-0.2, -0.15) is 0 Å². The van der Waals surface area contributed by atoms with Gasteiger partial charge in [-0.1, -0.05) is 0 Å². The molecule has 2 aromatic rings. The van der Waals surface area contributed by atoms with Gasteiger partial charge in [0.15, 0.2) is 5.69 Å². The molecule has 0 fully saturated rings. The summed E-state index contributed by atoms with van der Waals surface area (Å²) in [6, 6.07) is 4.09. The molecule has 0 aliphatic carbocycles. The maximum atomic E-state index is 11.6. The second-order valence-electron chi connectivity index (χ2n) is 3.55. The Morgan fingerprint density at radius 1 is 1.35 bits per heavy atom. The number of carbonyl (C=O) groups excluding carboxylic acids is 1. The van der Waals surface area contributed by atoms with E-state index in [1.165, 1.54) is 16.2 Å². The molecule has 0 unspecified atom stereocenters. The van der Waals surface area contributed by atoms with Crippen LogP contribution in [0.5, 0.6) is 0 Å². The lowest BCUT2D eigenvalue weighted by Gasteiger charge is -1.97. The van der Waals surface area contributed by atoms with Crippen LogP contribution in [0.25, 0.3) is 9.88 Å². The Kier molecular flexibility index (Phi) is 3.59. The topological polar surface area (TPSA) is 39.2 Å². The van der Waals surface area contributed by atoms with E-state index in [2.05, 4.69) is 18.0 Å². The number of ether oxygens (including phenoxy) is 1. The quantitative estimate of drug-likeness (QED) is 0.797. The normalized spacial score (nSPS) is 10.5. The lowest BCUT2D eigenvalue weighted by atomic mass is 10.4. The van der Waals surface area contributed by atoms with Crippen LogP contribution in [-0.2, 0) is 4.74 Å². The first-order valence-electron chi connectivity index (χ1n) is 5.33. The standard InChI is InChI=1S/C12H13NO2S2/c1-4-15-12(14)10-8(3)17-11(13-10)9-6-5-7(2)16-9/h5-6H,4H2,1-3H3. The van der Waals surface area contributed by atoms with Gasteiger partial charge in [0, 0.05) is 9.75 Å². The Bertz CT molecular complexity index is 542. The maximum absolute atomic E-state index is 11.6. The third-order valence-corrected chi connectivity index (χ3v) is 4.36. The van der Waals surface area contributed by atoms with E-state index < -0.39 is 0 Å². The Morgan fingerprint density at radius 2 is 2.12 bits per heavy atom. The van der Waals surface area contributed by atoms with Gasteiger partial charge >= 0.3 is 5.97 Å². The monoisotopic (exact) mass is 267 g/mol. The molecule has 0 spiro atoms. The third-order valence-electron chi connectivity index (χ3n) is 2.22. The zero-order valence-corrected chi connectivity index (χ0v) is 11.6. The first kappa shape index (κ1) is 12.3. The summed E-state index contributed by atoms with van der Waals surface area (Å²) in [6.07, 6.45) is 0. The summed E-state index contributed by atoms with van der Waals surface area (Å²) in [5.41, 5.74) is 0.443. The molecule has 2 heterocycles. The molecule has 3 nitrogen and oxygen atoms in total. The van der Waals surface area contributed by atoms with Gasteiger partial charge < -0.3 is 4.74 Å². The van der Waals surface area contributed by atoms with E-state index in [9.17, 15) is 4.79 Å². The molecule has 0 radical (unpaired) electrons.